The minimum atomic E-state index is -1.19. The van der Waals surface area contributed by atoms with Gasteiger partial charge in [-0.15, -0.1) is 0 Å². The molecule has 20 heavy (non-hydrogen) atoms. The monoisotopic (exact) mass is 290 g/mol. The van der Waals surface area contributed by atoms with Crippen LogP contribution >= 0.6 is 0 Å². The molecule has 0 aliphatic carbocycles. The molecule has 0 heterocycles. The highest BCUT2D eigenvalue weighted by Gasteiger charge is 1.98. The standard InChI is InChI=1S/C13H22O7/c14-6-1-7-18-8-2-9-19-10-3-11-20-13(17)5-4-12(15)16/h4-5,14H,1-3,6-11H2,(H,15,16)/b5-4-. The van der Waals surface area contributed by atoms with Gasteiger partial charge in [-0.3, -0.25) is 0 Å². The third-order valence-electron chi connectivity index (χ3n) is 2.06. The zero-order chi connectivity index (χ0) is 15.1. The van der Waals surface area contributed by atoms with Crippen LogP contribution in [0.2, 0.25) is 0 Å². The molecule has 0 saturated carbocycles. The maximum absolute atomic E-state index is 11.0. The summed E-state index contributed by atoms with van der Waals surface area (Å²) in [4.78, 5) is 21.1. The molecule has 0 atom stereocenters. The average Bonchev–Trinajstić information content (AvgIpc) is 2.42. The SMILES string of the molecule is O=C(O)/C=C\C(=O)OCCCOCCCOCCCO. The van der Waals surface area contributed by atoms with E-state index in [1.807, 2.05) is 0 Å². The van der Waals surface area contributed by atoms with Crippen LogP contribution in [0.5, 0.6) is 0 Å². The van der Waals surface area contributed by atoms with Crippen molar-refractivity contribution in [3.8, 4) is 0 Å². The number of carboxylic acids is 1. The summed E-state index contributed by atoms with van der Waals surface area (Å²) in [5.74, 6) is -1.86. The number of rotatable bonds is 13. The number of aliphatic carboxylic acids is 1. The largest absolute Gasteiger partial charge is 0.478 e. The first-order valence-electron chi connectivity index (χ1n) is 6.51. The minimum Gasteiger partial charge on any atom is -0.478 e. The number of hydrogen-bond donors (Lipinski definition) is 2. The van der Waals surface area contributed by atoms with Crippen LogP contribution in [0.15, 0.2) is 12.2 Å². The summed E-state index contributed by atoms with van der Waals surface area (Å²) in [6.07, 6.45) is 3.57. The Morgan fingerprint density at radius 1 is 0.850 bits per heavy atom. The quantitative estimate of drug-likeness (QED) is 0.287. The van der Waals surface area contributed by atoms with Gasteiger partial charge in [-0.1, -0.05) is 0 Å². The lowest BCUT2D eigenvalue weighted by Gasteiger charge is -2.05. The highest BCUT2D eigenvalue weighted by atomic mass is 16.5. The topological polar surface area (TPSA) is 102 Å². The molecule has 0 radical (unpaired) electrons. The van der Waals surface area contributed by atoms with Gasteiger partial charge in [0.1, 0.15) is 0 Å². The van der Waals surface area contributed by atoms with Crippen molar-refractivity contribution in [2.24, 2.45) is 0 Å². The van der Waals surface area contributed by atoms with Crippen LogP contribution in [-0.2, 0) is 23.8 Å². The van der Waals surface area contributed by atoms with Crippen LogP contribution in [-0.4, -0.2) is 61.8 Å². The number of carboxylic acid groups (broad SMARTS) is 1. The number of aliphatic hydroxyl groups excluding tert-OH is 1. The summed E-state index contributed by atoms with van der Waals surface area (Å²) < 4.78 is 15.2. The van der Waals surface area contributed by atoms with Gasteiger partial charge in [0.15, 0.2) is 0 Å². The first-order valence-corrected chi connectivity index (χ1v) is 6.51. The van der Waals surface area contributed by atoms with E-state index in [1.54, 1.807) is 0 Å². The predicted octanol–water partition coefficient (Wildman–Crippen LogP) is 0.366. The summed E-state index contributed by atoms with van der Waals surface area (Å²) in [6, 6.07) is 0. The average molecular weight is 290 g/mol. The van der Waals surface area contributed by atoms with Crippen molar-refractivity contribution in [1.82, 2.24) is 0 Å². The normalized spacial score (nSPS) is 10.8. The highest BCUT2D eigenvalue weighted by molar-refractivity contribution is 5.90. The summed E-state index contributed by atoms with van der Waals surface area (Å²) in [5.41, 5.74) is 0. The number of esters is 1. The fourth-order valence-corrected chi connectivity index (χ4v) is 1.15. The number of aliphatic hydroxyl groups is 1. The molecule has 0 aromatic rings. The van der Waals surface area contributed by atoms with E-state index in [0.29, 0.717) is 39.3 Å². The third kappa shape index (κ3) is 14.6. The van der Waals surface area contributed by atoms with Gasteiger partial charge in [0, 0.05) is 51.6 Å². The van der Waals surface area contributed by atoms with Crippen molar-refractivity contribution in [2.75, 3.05) is 39.6 Å². The molecule has 0 fully saturated rings. The van der Waals surface area contributed by atoms with Crippen molar-refractivity contribution in [3.05, 3.63) is 12.2 Å². The Morgan fingerprint density at radius 2 is 1.40 bits per heavy atom. The summed E-state index contributed by atoms with van der Waals surface area (Å²) in [6.45, 7) is 2.50. The maximum atomic E-state index is 11.0. The van der Waals surface area contributed by atoms with Gasteiger partial charge >= 0.3 is 11.9 Å². The Kier molecular flexibility index (Phi) is 13.0. The zero-order valence-corrected chi connectivity index (χ0v) is 11.5. The van der Waals surface area contributed by atoms with Gasteiger partial charge in [-0.2, -0.15) is 0 Å². The van der Waals surface area contributed by atoms with E-state index in [2.05, 4.69) is 0 Å². The molecule has 0 spiro atoms. The molecule has 116 valence electrons. The van der Waals surface area contributed by atoms with Gasteiger partial charge in [-0.25, -0.2) is 9.59 Å². The summed E-state index contributed by atoms with van der Waals surface area (Å²) in [7, 11) is 0. The molecular formula is C13H22O7. The van der Waals surface area contributed by atoms with E-state index in [4.69, 9.17) is 24.4 Å². The van der Waals surface area contributed by atoms with Crippen LogP contribution in [0.4, 0.5) is 0 Å². The van der Waals surface area contributed by atoms with Gasteiger partial charge in [-0.05, 0) is 12.8 Å². The van der Waals surface area contributed by atoms with E-state index in [-0.39, 0.29) is 13.2 Å². The molecule has 0 aromatic heterocycles. The van der Waals surface area contributed by atoms with Crippen LogP contribution in [0.1, 0.15) is 19.3 Å². The Balaban J connectivity index is 3.20. The smallest absolute Gasteiger partial charge is 0.331 e. The fourth-order valence-electron chi connectivity index (χ4n) is 1.15. The van der Waals surface area contributed by atoms with Crippen LogP contribution in [0, 0.1) is 0 Å². The second-order valence-corrected chi connectivity index (χ2v) is 3.85. The van der Waals surface area contributed by atoms with Crippen molar-refractivity contribution >= 4 is 11.9 Å². The van der Waals surface area contributed by atoms with E-state index in [9.17, 15) is 9.59 Å². The maximum Gasteiger partial charge on any atom is 0.331 e. The molecule has 2 N–H and O–H groups in total. The molecule has 0 unspecified atom stereocenters. The molecule has 0 aromatic carbocycles. The van der Waals surface area contributed by atoms with Gasteiger partial charge in [0.05, 0.1) is 6.61 Å². The molecule has 0 amide bonds. The Morgan fingerprint density at radius 3 is 1.95 bits per heavy atom. The van der Waals surface area contributed by atoms with Gasteiger partial charge in [0.2, 0.25) is 0 Å². The molecule has 0 bridgehead atoms. The van der Waals surface area contributed by atoms with Crippen molar-refractivity contribution < 1.29 is 34.0 Å². The molecule has 0 aliphatic rings. The van der Waals surface area contributed by atoms with Gasteiger partial charge < -0.3 is 24.4 Å². The third-order valence-corrected chi connectivity index (χ3v) is 2.06. The molecule has 7 heteroatoms. The number of carbonyl (C=O) groups is 2. The van der Waals surface area contributed by atoms with E-state index in [0.717, 1.165) is 18.6 Å². The van der Waals surface area contributed by atoms with E-state index in [1.165, 1.54) is 0 Å². The molecule has 0 rings (SSSR count). The lowest BCUT2D eigenvalue weighted by Crippen LogP contribution is -2.08. The Labute approximate surface area is 118 Å². The molecule has 0 aliphatic heterocycles. The van der Waals surface area contributed by atoms with Crippen molar-refractivity contribution in [2.45, 2.75) is 19.3 Å². The van der Waals surface area contributed by atoms with Gasteiger partial charge in [0.25, 0.3) is 0 Å². The first-order chi connectivity index (χ1) is 9.66. The Bertz CT molecular complexity index is 288. The van der Waals surface area contributed by atoms with Crippen LogP contribution in [0.25, 0.3) is 0 Å². The van der Waals surface area contributed by atoms with E-state index < -0.39 is 11.9 Å². The number of ether oxygens (including phenoxy) is 3. The lowest BCUT2D eigenvalue weighted by atomic mass is 10.4. The molecule has 0 saturated heterocycles. The number of hydrogen-bond acceptors (Lipinski definition) is 6. The molecular weight excluding hydrogens is 268 g/mol. The second-order valence-electron chi connectivity index (χ2n) is 3.85. The highest BCUT2D eigenvalue weighted by Crippen LogP contribution is 1.91. The van der Waals surface area contributed by atoms with Crippen molar-refractivity contribution in [1.29, 1.82) is 0 Å². The Hall–Kier alpha value is -1.44. The lowest BCUT2D eigenvalue weighted by molar-refractivity contribution is -0.139. The minimum absolute atomic E-state index is 0.136. The van der Waals surface area contributed by atoms with Crippen LogP contribution < -0.4 is 0 Å². The summed E-state index contributed by atoms with van der Waals surface area (Å²) in [5, 5.41) is 16.8. The zero-order valence-electron chi connectivity index (χ0n) is 11.5. The predicted molar refractivity (Wildman–Crippen MR) is 70.3 cm³/mol. The molecule has 7 nitrogen and oxygen atoms in total. The fraction of sp³-hybridized carbons (Fsp3) is 0.692. The van der Waals surface area contributed by atoms with Crippen LogP contribution in [0.3, 0.4) is 0 Å². The van der Waals surface area contributed by atoms with Crippen molar-refractivity contribution in [3.63, 3.8) is 0 Å². The summed E-state index contributed by atoms with van der Waals surface area (Å²) >= 11 is 0. The number of carbonyl (C=O) groups excluding carboxylic acids is 1. The van der Waals surface area contributed by atoms with E-state index >= 15 is 0 Å². The first kappa shape index (κ1) is 18.6. The second kappa shape index (κ2) is 14.0.